The minimum absolute atomic E-state index is 0.194. The van der Waals surface area contributed by atoms with Gasteiger partial charge in [0.2, 0.25) is 0 Å². The maximum absolute atomic E-state index is 11.3. The minimum Gasteiger partial charge on any atom is -0.481 e. The summed E-state index contributed by atoms with van der Waals surface area (Å²) in [5.74, 6) is -0.718. The van der Waals surface area contributed by atoms with E-state index in [1.54, 1.807) is 11.3 Å². The molecule has 1 aromatic carbocycles. The lowest BCUT2D eigenvalue weighted by Gasteiger charge is -2.43. The summed E-state index contributed by atoms with van der Waals surface area (Å²) in [6, 6.07) is 8.07. The normalized spacial score (nSPS) is 17.8. The van der Waals surface area contributed by atoms with Crippen LogP contribution in [0.4, 0.5) is 5.13 Å². The van der Waals surface area contributed by atoms with Gasteiger partial charge in [-0.25, -0.2) is 4.98 Å². The van der Waals surface area contributed by atoms with E-state index in [0.29, 0.717) is 0 Å². The number of carboxylic acids is 1. The van der Waals surface area contributed by atoms with Gasteiger partial charge in [0.05, 0.1) is 22.2 Å². The first-order valence-corrected chi connectivity index (χ1v) is 8.24. The number of carbonyl (C=O) groups is 1. The summed E-state index contributed by atoms with van der Waals surface area (Å²) in [7, 11) is 2.01. The predicted molar refractivity (Wildman–Crippen MR) is 86.1 cm³/mol. The average Bonchev–Trinajstić information content (AvgIpc) is 2.90. The number of aliphatic carboxylic acids is 1. The zero-order chi connectivity index (χ0) is 14.9. The zero-order valence-corrected chi connectivity index (χ0v) is 13.0. The fourth-order valence-corrected chi connectivity index (χ4v) is 4.36. The third-order valence-corrected chi connectivity index (χ3v) is 5.66. The van der Waals surface area contributed by atoms with Crippen molar-refractivity contribution in [1.29, 1.82) is 0 Å². The molecule has 0 spiro atoms. The Morgan fingerprint density at radius 1 is 1.33 bits per heavy atom. The van der Waals surface area contributed by atoms with Crippen LogP contribution < -0.4 is 4.90 Å². The number of nitrogens with zero attached hydrogens (tertiary/aromatic N) is 2. The first-order valence-electron chi connectivity index (χ1n) is 7.42. The molecule has 1 aromatic heterocycles. The van der Waals surface area contributed by atoms with Crippen LogP contribution in [0.15, 0.2) is 24.3 Å². The average molecular weight is 304 g/mol. The van der Waals surface area contributed by atoms with Crippen LogP contribution in [0.25, 0.3) is 10.2 Å². The zero-order valence-electron chi connectivity index (χ0n) is 12.2. The monoisotopic (exact) mass is 304 g/mol. The van der Waals surface area contributed by atoms with Crippen LogP contribution in [-0.4, -0.2) is 28.6 Å². The van der Waals surface area contributed by atoms with Crippen molar-refractivity contribution < 1.29 is 9.90 Å². The van der Waals surface area contributed by atoms with Gasteiger partial charge >= 0.3 is 5.97 Å². The Bertz CT molecular complexity index is 614. The molecule has 1 aliphatic rings. The molecule has 3 rings (SSSR count). The molecule has 1 heterocycles. The molecule has 4 nitrogen and oxygen atoms in total. The summed E-state index contributed by atoms with van der Waals surface area (Å²) in [4.78, 5) is 18.2. The summed E-state index contributed by atoms with van der Waals surface area (Å²) in [5.41, 5.74) is 0.712. The first kappa shape index (κ1) is 14.3. The SMILES string of the molecule is CN(c1nc2ccccc2s1)C1(CC(=O)O)CCCCC1. The van der Waals surface area contributed by atoms with Crippen molar-refractivity contribution in [3.05, 3.63) is 24.3 Å². The largest absolute Gasteiger partial charge is 0.481 e. The van der Waals surface area contributed by atoms with Gasteiger partial charge in [-0.1, -0.05) is 42.7 Å². The highest BCUT2D eigenvalue weighted by atomic mass is 32.1. The Labute approximate surface area is 128 Å². The van der Waals surface area contributed by atoms with E-state index in [4.69, 9.17) is 4.98 Å². The molecule has 1 saturated carbocycles. The summed E-state index contributed by atoms with van der Waals surface area (Å²) < 4.78 is 1.15. The quantitative estimate of drug-likeness (QED) is 0.930. The number of carboxylic acid groups (broad SMARTS) is 1. The van der Waals surface area contributed by atoms with Crippen LogP contribution in [-0.2, 0) is 4.79 Å². The van der Waals surface area contributed by atoms with Gasteiger partial charge in [-0.05, 0) is 25.0 Å². The number of thiazole rings is 1. The molecule has 1 N–H and O–H groups in total. The molecule has 0 atom stereocenters. The molecule has 0 unspecified atom stereocenters. The summed E-state index contributed by atoms with van der Waals surface area (Å²) in [5, 5.41) is 10.3. The Kier molecular flexibility index (Phi) is 3.85. The second kappa shape index (κ2) is 5.64. The molecule has 0 saturated heterocycles. The molecular weight excluding hydrogens is 284 g/mol. The molecule has 5 heteroatoms. The highest BCUT2D eigenvalue weighted by molar-refractivity contribution is 7.22. The van der Waals surface area contributed by atoms with Crippen LogP contribution in [0.5, 0.6) is 0 Å². The van der Waals surface area contributed by atoms with E-state index >= 15 is 0 Å². The van der Waals surface area contributed by atoms with Gasteiger partial charge in [-0.2, -0.15) is 0 Å². The number of para-hydroxylation sites is 1. The number of benzene rings is 1. The fraction of sp³-hybridized carbons (Fsp3) is 0.500. The fourth-order valence-electron chi connectivity index (χ4n) is 3.33. The van der Waals surface area contributed by atoms with Crippen LogP contribution in [0.2, 0.25) is 0 Å². The van der Waals surface area contributed by atoms with E-state index in [9.17, 15) is 9.90 Å². The number of aromatic nitrogens is 1. The third-order valence-electron chi connectivity index (χ3n) is 4.55. The van der Waals surface area contributed by atoms with E-state index < -0.39 is 5.97 Å². The van der Waals surface area contributed by atoms with Gasteiger partial charge < -0.3 is 10.0 Å². The number of fused-ring (bicyclic) bond motifs is 1. The van der Waals surface area contributed by atoms with Crippen molar-refractivity contribution in [3.63, 3.8) is 0 Å². The molecule has 0 amide bonds. The maximum Gasteiger partial charge on any atom is 0.305 e. The Hall–Kier alpha value is -1.62. The summed E-state index contributed by atoms with van der Waals surface area (Å²) in [6.45, 7) is 0. The predicted octanol–water partition coefficient (Wildman–Crippen LogP) is 3.91. The summed E-state index contributed by atoms with van der Waals surface area (Å²) in [6.07, 6.45) is 5.47. The Balaban J connectivity index is 1.95. The number of hydrogen-bond donors (Lipinski definition) is 1. The highest BCUT2D eigenvalue weighted by Crippen LogP contribution is 2.40. The second-order valence-corrected chi connectivity index (χ2v) is 6.89. The van der Waals surface area contributed by atoms with Gasteiger partial charge in [-0.3, -0.25) is 4.79 Å². The molecule has 0 radical (unpaired) electrons. The van der Waals surface area contributed by atoms with Gasteiger partial charge in [0, 0.05) is 7.05 Å². The Morgan fingerprint density at radius 2 is 2.05 bits per heavy atom. The van der Waals surface area contributed by atoms with Crippen LogP contribution in [0.1, 0.15) is 38.5 Å². The molecule has 112 valence electrons. The van der Waals surface area contributed by atoms with Crippen molar-refractivity contribution in [2.45, 2.75) is 44.1 Å². The van der Waals surface area contributed by atoms with Gasteiger partial charge in [-0.15, -0.1) is 0 Å². The number of anilines is 1. The third kappa shape index (κ3) is 2.75. The van der Waals surface area contributed by atoms with Crippen LogP contribution >= 0.6 is 11.3 Å². The van der Waals surface area contributed by atoms with E-state index in [1.165, 1.54) is 6.42 Å². The van der Waals surface area contributed by atoms with Crippen LogP contribution in [0, 0.1) is 0 Å². The molecular formula is C16H20N2O2S. The lowest BCUT2D eigenvalue weighted by Crippen LogP contribution is -2.49. The smallest absolute Gasteiger partial charge is 0.305 e. The second-order valence-electron chi connectivity index (χ2n) is 5.88. The number of hydrogen-bond acceptors (Lipinski definition) is 4. The first-order chi connectivity index (χ1) is 10.1. The maximum atomic E-state index is 11.3. The van der Waals surface area contributed by atoms with Crippen molar-refractivity contribution in [1.82, 2.24) is 4.98 Å². The van der Waals surface area contributed by atoms with Gasteiger partial charge in [0.15, 0.2) is 5.13 Å². The van der Waals surface area contributed by atoms with E-state index in [1.807, 2.05) is 25.2 Å². The lowest BCUT2D eigenvalue weighted by molar-refractivity contribution is -0.138. The molecule has 0 aliphatic heterocycles. The minimum atomic E-state index is -0.718. The van der Waals surface area contributed by atoms with Crippen molar-refractivity contribution in [2.24, 2.45) is 0 Å². The van der Waals surface area contributed by atoms with Crippen LogP contribution in [0.3, 0.4) is 0 Å². The standard InChI is InChI=1S/C16H20N2O2S/c1-18(15-17-12-7-3-4-8-13(12)21-15)16(11-14(19)20)9-5-2-6-10-16/h3-4,7-8H,2,5-6,9-11H2,1H3,(H,19,20). The molecule has 2 aromatic rings. The topological polar surface area (TPSA) is 53.4 Å². The van der Waals surface area contributed by atoms with Gasteiger partial charge in [0.1, 0.15) is 0 Å². The van der Waals surface area contributed by atoms with E-state index in [0.717, 1.165) is 41.0 Å². The molecule has 1 aliphatic carbocycles. The van der Waals surface area contributed by atoms with E-state index in [-0.39, 0.29) is 12.0 Å². The molecule has 21 heavy (non-hydrogen) atoms. The Morgan fingerprint density at radius 3 is 2.71 bits per heavy atom. The number of rotatable bonds is 4. The van der Waals surface area contributed by atoms with Crippen molar-refractivity contribution in [3.8, 4) is 0 Å². The summed E-state index contributed by atoms with van der Waals surface area (Å²) >= 11 is 1.65. The van der Waals surface area contributed by atoms with E-state index in [2.05, 4.69) is 11.0 Å². The molecule has 1 fully saturated rings. The lowest BCUT2D eigenvalue weighted by atomic mass is 9.78. The van der Waals surface area contributed by atoms with Crippen molar-refractivity contribution >= 4 is 32.7 Å². The molecule has 0 bridgehead atoms. The van der Waals surface area contributed by atoms with Crippen molar-refractivity contribution in [2.75, 3.05) is 11.9 Å². The highest BCUT2D eigenvalue weighted by Gasteiger charge is 2.39. The van der Waals surface area contributed by atoms with Gasteiger partial charge in [0.25, 0.3) is 0 Å².